The first-order valence-electron chi connectivity index (χ1n) is 4.98. The second-order valence-corrected chi connectivity index (χ2v) is 7.60. The number of nitrogens with one attached hydrogen (secondary N) is 1. The Labute approximate surface area is 135 Å². The standard InChI is InChI=1S/C7H8N2.H5O10P3.2H2O/c8-7(9)6-4-2-1-3-5-6;1-11(2,3)9-13(7,8)10-12(4,5)6;;/h1-5H,(H3,8,9);(H,7,8)(H2,1,2,3)(H2,4,5,6);2*1H2. The van der Waals surface area contributed by atoms with Gasteiger partial charge in [-0.25, -0.2) is 13.7 Å². The molecule has 0 aromatic heterocycles. The summed E-state index contributed by atoms with van der Waals surface area (Å²) < 4.78 is 36.4. The van der Waals surface area contributed by atoms with Gasteiger partial charge in [-0.15, -0.1) is 0 Å². The summed E-state index contributed by atoms with van der Waals surface area (Å²) in [6.07, 6.45) is 0. The number of rotatable bonds is 5. The van der Waals surface area contributed by atoms with Crippen LogP contribution in [0.3, 0.4) is 0 Å². The predicted octanol–water partition coefficient (Wildman–Crippen LogP) is -1.37. The van der Waals surface area contributed by atoms with Crippen molar-refractivity contribution in [3.63, 3.8) is 0 Å². The van der Waals surface area contributed by atoms with Gasteiger partial charge in [-0.3, -0.25) is 5.41 Å². The zero-order valence-corrected chi connectivity index (χ0v) is 14.3. The van der Waals surface area contributed by atoms with Crippen molar-refractivity contribution in [1.82, 2.24) is 0 Å². The number of nitrogen functional groups attached to an aromatic ring is 1. The first kappa shape index (κ1) is 27.8. The molecule has 0 bridgehead atoms. The van der Waals surface area contributed by atoms with Crippen LogP contribution in [0, 0.1) is 5.41 Å². The second-order valence-electron chi connectivity index (χ2n) is 3.39. The molecule has 1 aromatic carbocycles. The third-order valence-electron chi connectivity index (χ3n) is 1.50. The molecular formula is C7H17N2O12P3. The summed E-state index contributed by atoms with van der Waals surface area (Å²) >= 11 is 0. The molecule has 12 N–H and O–H groups in total. The van der Waals surface area contributed by atoms with E-state index < -0.39 is 23.5 Å². The fraction of sp³-hybridized carbons (Fsp3) is 0. The maximum Gasteiger partial charge on any atom is 0.490 e. The van der Waals surface area contributed by atoms with Crippen LogP contribution >= 0.6 is 23.5 Å². The van der Waals surface area contributed by atoms with Crippen molar-refractivity contribution in [3.8, 4) is 0 Å². The Hall–Kier alpha value is -0.980. The summed E-state index contributed by atoms with van der Waals surface area (Å²) in [4.78, 5) is 40.2. The van der Waals surface area contributed by atoms with Gasteiger partial charge in [0, 0.05) is 5.56 Å². The van der Waals surface area contributed by atoms with E-state index in [9.17, 15) is 13.7 Å². The Morgan fingerprint density at radius 1 is 0.875 bits per heavy atom. The van der Waals surface area contributed by atoms with E-state index in [1.807, 2.05) is 30.3 Å². The molecule has 17 heteroatoms. The molecule has 0 aliphatic rings. The van der Waals surface area contributed by atoms with Crippen LogP contribution in [0.1, 0.15) is 5.56 Å². The van der Waals surface area contributed by atoms with E-state index in [4.69, 9.17) is 35.6 Å². The summed E-state index contributed by atoms with van der Waals surface area (Å²) in [6.45, 7) is 0. The summed E-state index contributed by atoms with van der Waals surface area (Å²) in [5.41, 5.74) is 5.97. The average molecular weight is 414 g/mol. The summed E-state index contributed by atoms with van der Waals surface area (Å²) in [7, 11) is -16.2. The topological polar surface area (TPSA) is 284 Å². The van der Waals surface area contributed by atoms with E-state index >= 15 is 0 Å². The first-order valence-corrected chi connectivity index (χ1v) is 9.53. The van der Waals surface area contributed by atoms with Crippen LogP contribution in [0.2, 0.25) is 0 Å². The van der Waals surface area contributed by atoms with Crippen molar-refractivity contribution in [3.05, 3.63) is 35.9 Å². The molecule has 142 valence electrons. The molecule has 24 heavy (non-hydrogen) atoms. The monoisotopic (exact) mass is 414 g/mol. The highest BCUT2D eigenvalue weighted by Crippen LogP contribution is 2.64. The van der Waals surface area contributed by atoms with Crippen molar-refractivity contribution >= 4 is 29.3 Å². The number of hydrogen-bond donors (Lipinski definition) is 7. The van der Waals surface area contributed by atoms with Gasteiger partial charge < -0.3 is 41.2 Å². The van der Waals surface area contributed by atoms with Gasteiger partial charge in [0.2, 0.25) is 0 Å². The number of nitrogens with two attached hydrogens (primary N) is 1. The van der Waals surface area contributed by atoms with Crippen molar-refractivity contribution in [2.24, 2.45) is 5.73 Å². The van der Waals surface area contributed by atoms with Gasteiger partial charge in [0.05, 0.1) is 0 Å². The lowest BCUT2D eigenvalue weighted by Crippen LogP contribution is -2.10. The van der Waals surface area contributed by atoms with Crippen molar-refractivity contribution < 1.29 is 57.7 Å². The highest BCUT2D eigenvalue weighted by Gasteiger charge is 2.38. The van der Waals surface area contributed by atoms with Crippen LogP contribution in [0.4, 0.5) is 0 Å². The Morgan fingerprint density at radius 3 is 1.42 bits per heavy atom. The Morgan fingerprint density at radius 2 is 1.21 bits per heavy atom. The fourth-order valence-electron chi connectivity index (χ4n) is 0.901. The van der Waals surface area contributed by atoms with Gasteiger partial charge in [-0.2, -0.15) is 8.62 Å². The van der Waals surface area contributed by atoms with Crippen LogP contribution < -0.4 is 5.73 Å². The highest BCUT2D eigenvalue weighted by molar-refractivity contribution is 7.66. The molecule has 0 heterocycles. The third kappa shape index (κ3) is 15.9. The maximum absolute atomic E-state index is 10.4. The summed E-state index contributed by atoms with van der Waals surface area (Å²) in [5.74, 6) is 0.121. The molecule has 0 saturated heterocycles. The smallest absolute Gasteiger partial charge is 0.412 e. The molecule has 0 aliphatic carbocycles. The van der Waals surface area contributed by atoms with Crippen molar-refractivity contribution in [2.45, 2.75) is 0 Å². The van der Waals surface area contributed by atoms with E-state index in [2.05, 4.69) is 8.62 Å². The normalized spacial score (nSPS) is 11.2. The molecule has 0 spiro atoms. The SMILES string of the molecule is N=C(N)c1ccccc1.O.O.O=P(O)(O)OP(=O)(O)OP(=O)(O)O. The lowest BCUT2D eigenvalue weighted by Gasteiger charge is -2.11. The molecule has 0 saturated carbocycles. The Kier molecular flexibility index (Phi) is 12.5. The molecule has 14 nitrogen and oxygen atoms in total. The minimum atomic E-state index is -5.46. The lowest BCUT2D eigenvalue weighted by molar-refractivity contribution is 0.204. The molecule has 0 radical (unpaired) electrons. The number of benzene rings is 1. The largest absolute Gasteiger partial charge is 0.490 e. The highest BCUT2D eigenvalue weighted by atomic mass is 31.3. The number of amidine groups is 1. The summed E-state index contributed by atoms with van der Waals surface area (Å²) in [5, 5.41) is 7.01. The number of hydrogen-bond acceptors (Lipinski definition) is 6. The maximum atomic E-state index is 10.4. The van der Waals surface area contributed by atoms with Gasteiger partial charge in [-0.05, 0) is 0 Å². The van der Waals surface area contributed by atoms with Gasteiger partial charge >= 0.3 is 23.5 Å². The van der Waals surface area contributed by atoms with E-state index in [0.29, 0.717) is 0 Å². The van der Waals surface area contributed by atoms with Gasteiger partial charge in [0.15, 0.2) is 0 Å². The average Bonchev–Trinajstić information content (AvgIpc) is 2.24. The molecular weight excluding hydrogens is 397 g/mol. The van der Waals surface area contributed by atoms with Gasteiger partial charge in [0.1, 0.15) is 5.84 Å². The van der Waals surface area contributed by atoms with Gasteiger partial charge in [-0.1, -0.05) is 30.3 Å². The molecule has 1 rings (SSSR count). The van der Waals surface area contributed by atoms with E-state index in [0.717, 1.165) is 5.56 Å². The zero-order valence-electron chi connectivity index (χ0n) is 11.6. The quantitative estimate of drug-likeness (QED) is 0.167. The first-order chi connectivity index (χ1) is 9.72. The molecule has 0 atom stereocenters. The van der Waals surface area contributed by atoms with E-state index in [-0.39, 0.29) is 16.8 Å². The van der Waals surface area contributed by atoms with Crippen molar-refractivity contribution in [2.75, 3.05) is 0 Å². The number of phosphoric acid groups is 3. The van der Waals surface area contributed by atoms with Crippen LogP contribution in [0.5, 0.6) is 0 Å². The predicted molar refractivity (Wildman–Crippen MR) is 80.8 cm³/mol. The molecule has 0 fully saturated rings. The van der Waals surface area contributed by atoms with E-state index in [1.54, 1.807) is 0 Å². The molecule has 0 amide bonds. The Balaban J connectivity index is -0.000000355. The summed E-state index contributed by atoms with van der Waals surface area (Å²) in [6, 6.07) is 9.23. The van der Waals surface area contributed by atoms with Crippen LogP contribution in [0.25, 0.3) is 0 Å². The van der Waals surface area contributed by atoms with Crippen LogP contribution in [-0.4, -0.2) is 41.3 Å². The fourth-order valence-corrected chi connectivity index (χ4v) is 3.44. The third-order valence-corrected chi connectivity index (χ3v) is 4.86. The van der Waals surface area contributed by atoms with Gasteiger partial charge in [0.25, 0.3) is 0 Å². The molecule has 0 unspecified atom stereocenters. The second kappa shape index (κ2) is 10.8. The Bertz CT molecular complexity index is 611. The van der Waals surface area contributed by atoms with E-state index in [1.165, 1.54) is 0 Å². The molecule has 0 aliphatic heterocycles. The van der Waals surface area contributed by atoms with Crippen LogP contribution in [-0.2, 0) is 22.3 Å². The zero-order chi connectivity index (χ0) is 17.6. The lowest BCUT2D eigenvalue weighted by atomic mass is 10.2. The minimum Gasteiger partial charge on any atom is -0.412 e. The van der Waals surface area contributed by atoms with Crippen molar-refractivity contribution in [1.29, 1.82) is 5.41 Å². The molecule has 1 aromatic rings. The minimum absolute atomic E-state index is 0. The van der Waals surface area contributed by atoms with Crippen LogP contribution in [0.15, 0.2) is 30.3 Å².